The second-order valence-electron chi connectivity index (χ2n) is 4.58. The third-order valence-corrected chi connectivity index (χ3v) is 4.69. The zero-order valence-corrected chi connectivity index (χ0v) is 10.1. The highest BCUT2D eigenvalue weighted by Crippen LogP contribution is 2.28. The summed E-state index contributed by atoms with van der Waals surface area (Å²) >= 11 is 0. The van der Waals surface area contributed by atoms with Gasteiger partial charge in [0.25, 0.3) is 10.2 Å². The Balaban J connectivity index is 3.12. The standard InChI is InChI=1S/C8H16N2O4S/c1-8(2,3)10-5-6(7(11)12)9(4)15(10,13)14/h6H,5H2,1-4H3,(H,11,12). The number of rotatable bonds is 1. The number of carboxylic acid groups (broad SMARTS) is 1. The Bertz CT molecular complexity index is 371. The minimum absolute atomic E-state index is 0.00231. The molecule has 6 nitrogen and oxygen atoms in total. The largest absolute Gasteiger partial charge is 0.480 e. The third-order valence-electron chi connectivity index (χ3n) is 2.45. The van der Waals surface area contributed by atoms with Crippen molar-refractivity contribution in [3.05, 3.63) is 0 Å². The lowest BCUT2D eigenvalue weighted by atomic mass is 10.1. The molecule has 0 spiro atoms. The van der Waals surface area contributed by atoms with E-state index in [1.54, 1.807) is 20.8 Å². The van der Waals surface area contributed by atoms with Gasteiger partial charge in [-0.2, -0.15) is 17.0 Å². The normalized spacial score (nSPS) is 28.1. The summed E-state index contributed by atoms with van der Waals surface area (Å²) < 4.78 is 25.8. The summed E-state index contributed by atoms with van der Waals surface area (Å²) in [6.45, 7) is 5.21. The first-order chi connectivity index (χ1) is 6.58. The lowest BCUT2D eigenvalue weighted by molar-refractivity contribution is -0.140. The highest BCUT2D eigenvalue weighted by molar-refractivity contribution is 7.87. The number of carbonyl (C=O) groups is 1. The smallest absolute Gasteiger partial charge is 0.323 e. The summed E-state index contributed by atoms with van der Waals surface area (Å²) in [7, 11) is -2.34. The molecule has 0 bridgehead atoms. The van der Waals surface area contributed by atoms with Crippen LogP contribution in [0.4, 0.5) is 0 Å². The van der Waals surface area contributed by atoms with E-state index >= 15 is 0 Å². The van der Waals surface area contributed by atoms with Crippen molar-refractivity contribution in [2.45, 2.75) is 32.4 Å². The summed E-state index contributed by atoms with van der Waals surface area (Å²) in [5, 5.41) is 8.87. The maximum atomic E-state index is 11.8. The van der Waals surface area contributed by atoms with Crippen LogP contribution >= 0.6 is 0 Å². The molecular weight excluding hydrogens is 220 g/mol. The van der Waals surface area contributed by atoms with Crippen LogP contribution in [0, 0.1) is 0 Å². The van der Waals surface area contributed by atoms with Gasteiger partial charge in [0.15, 0.2) is 0 Å². The van der Waals surface area contributed by atoms with E-state index in [1.807, 2.05) is 0 Å². The Morgan fingerprint density at radius 2 is 1.87 bits per heavy atom. The van der Waals surface area contributed by atoms with E-state index in [4.69, 9.17) is 5.11 Å². The molecule has 1 N–H and O–H groups in total. The van der Waals surface area contributed by atoms with Gasteiger partial charge < -0.3 is 5.11 Å². The molecule has 0 saturated carbocycles. The molecule has 1 heterocycles. The Morgan fingerprint density at radius 1 is 1.40 bits per heavy atom. The van der Waals surface area contributed by atoms with Gasteiger partial charge in [0.05, 0.1) is 0 Å². The van der Waals surface area contributed by atoms with Crippen LogP contribution in [0.15, 0.2) is 0 Å². The highest BCUT2D eigenvalue weighted by atomic mass is 32.2. The van der Waals surface area contributed by atoms with E-state index in [0.29, 0.717) is 0 Å². The Labute approximate surface area is 89.7 Å². The van der Waals surface area contributed by atoms with Crippen molar-refractivity contribution in [3.8, 4) is 0 Å². The second-order valence-corrected chi connectivity index (χ2v) is 6.49. The van der Waals surface area contributed by atoms with E-state index in [9.17, 15) is 13.2 Å². The molecule has 1 aliphatic rings. The van der Waals surface area contributed by atoms with Gasteiger partial charge >= 0.3 is 5.97 Å². The van der Waals surface area contributed by atoms with Crippen LogP contribution < -0.4 is 0 Å². The molecular formula is C8H16N2O4S. The molecule has 88 valence electrons. The molecule has 0 radical (unpaired) electrons. The van der Waals surface area contributed by atoms with E-state index in [0.717, 1.165) is 4.31 Å². The molecule has 0 aromatic carbocycles. The van der Waals surface area contributed by atoms with Crippen LogP contribution in [0.25, 0.3) is 0 Å². The summed E-state index contributed by atoms with van der Waals surface area (Å²) in [5.74, 6) is -1.12. The minimum Gasteiger partial charge on any atom is -0.480 e. The second kappa shape index (κ2) is 3.43. The van der Waals surface area contributed by atoms with Gasteiger partial charge in [-0.25, -0.2) is 0 Å². The summed E-state index contributed by atoms with van der Waals surface area (Å²) in [4.78, 5) is 10.8. The Kier molecular flexibility index (Phi) is 2.84. The number of likely N-dealkylation sites (N-methyl/N-ethyl adjacent to an activating group) is 1. The van der Waals surface area contributed by atoms with Crippen LogP contribution in [0.1, 0.15) is 20.8 Å². The number of carboxylic acids is 1. The predicted octanol–water partition coefficient (Wildman–Crippen LogP) is -0.270. The molecule has 0 aliphatic carbocycles. The number of hydrogen-bond acceptors (Lipinski definition) is 3. The first kappa shape index (κ1) is 12.4. The van der Waals surface area contributed by atoms with Gasteiger partial charge in [-0.05, 0) is 20.8 Å². The Morgan fingerprint density at radius 3 is 2.07 bits per heavy atom. The van der Waals surface area contributed by atoms with E-state index in [2.05, 4.69) is 0 Å². The summed E-state index contributed by atoms with van der Waals surface area (Å²) in [6, 6.07) is -0.991. The van der Waals surface area contributed by atoms with Gasteiger partial charge in [0, 0.05) is 19.1 Å². The fraction of sp³-hybridized carbons (Fsp3) is 0.875. The number of nitrogens with zero attached hydrogens (tertiary/aromatic N) is 2. The molecule has 1 atom stereocenters. The van der Waals surface area contributed by atoms with Crippen LogP contribution in [-0.4, -0.2) is 53.3 Å². The molecule has 0 aromatic rings. The van der Waals surface area contributed by atoms with Gasteiger partial charge in [0.1, 0.15) is 6.04 Å². The van der Waals surface area contributed by atoms with Crippen LogP contribution in [-0.2, 0) is 15.0 Å². The van der Waals surface area contributed by atoms with E-state index in [-0.39, 0.29) is 6.54 Å². The van der Waals surface area contributed by atoms with Crippen LogP contribution in [0.2, 0.25) is 0 Å². The monoisotopic (exact) mass is 236 g/mol. The maximum Gasteiger partial charge on any atom is 0.323 e. The van der Waals surface area contributed by atoms with Gasteiger partial charge in [-0.15, -0.1) is 0 Å². The van der Waals surface area contributed by atoms with Gasteiger partial charge in [-0.3, -0.25) is 4.79 Å². The molecule has 15 heavy (non-hydrogen) atoms. The average Bonchev–Trinajstić information content (AvgIpc) is 2.22. The van der Waals surface area contributed by atoms with Gasteiger partial charge in [-0.1, -0.05) is 0 Å². The fourth-order valence-corrected chi connectivity index (χ4v) is 3.35. The third kappa shape index (κ3) is 1.99. The molecule has 0 amide bonds. The molecule has 7 heteroatoms. The highest BCUT2D eigenvalue weighted by Gasteiger charge is 2.49. The molecule has 1 aliphatic heterocycles. The van der Waals surface area contributed by atoms with Crippen molar-refractivity contribution in [3.63, 3.8) is 0 Å². The molecule has 1 unspecified atom stereocenters. The zero-order valence-electron chi connectivity index (χ0n) is 9.26. The van der Waals surface area contributed by atoms with Crippen LogP contribution in [0.5, 0.6) is 0 Å². The molecule has 1 saturated heterocycles. The summed E-state index contributed by atoms with van der Waals surface area (Å²) in [5.41, 5.74) is -0.600. The van der Waals surface area contributed by atoms with Crippen molar-refractivity contribution in [1.82, 2.24) is 8.61 Å². The van der Waals surface area contributed by atoms with E-state index < -0.39 is 27.8 Å². The van der Waals surface area contributed by atoms with Crippen molar-refractivity contribution >= 4 is 16.2 Å². The molecule has 1 fully saturated rings. The maximum absolute atomic E-state index is 11.8. The Hall–Kier alpha value is -0.660. The average molecular weight is 236 g/mol. The predicted molar refractivity (Wildman–Crippen MR) is 54.6 cm³/mol. The van der Waals surface area contributed by atoms with Crippen molar-refractivity contribution < 1.29 is 18.3 Å². The number of aliphatic carboxylic acids is 1. The zero-order chi connectivity index (χ0) is 12.0. The number of hydrogen-bond donors (Lipinski definition) is 1. The van der Waals surface area contributed by atoms with Crippen molar-refractivity contribution in [2.75, 3.05) is 13.6 Å². The minimum atomic E-state index is -3.63. The fourth-order valence-electron chi connectivity index (χ4n) is 1.54. The van der Waals surface area contributed by atoms with Crippen LogP contribution in [0.3, 0.4) is 0 Å². The first-order valence-electron chi connectivity index (χ1n) is 4.57. The SMILES string of the molecule is CN1C(C(=O)O)CN(C(C)(C)C)S1(=O)=O. The quantitative estimate of drug-likeness (QED) is 0.680. The topological polar surface area (TPSA) is 77.9 Å². The lowest BCUT2D eigenvalue weighted by Gasteiger charge is -2.29. The summed E-state index contributed by atoms with van der Waals surface area (Å²) in [6.07, 6.45) is 0. The first-order valence-corrected chi connectivity index (χ1v) is 5.97. The lowest BCUT2D eigenvalue weighted by Crippen LogP contribution is -2.44. The van der Waals surface area contributed by atoms with Crippen molar-refractivity contribution in [1.29, 1.82) is 0 Å². The van der Waals surface area contributed by atoms with Crippen molar-refractivity contribution in [2.24, 2.45) is 0 Å². The van der Waals surface area contributed by atoms with Gasteiger partial charge in [0.2, 0.25) is 0 Å². The van der Waals surface area contributed by atoms with E-state index in [1.165, 1.54) is 11.4 Å². The molecule has 1 rings (SSSR count). The molecule has 0 aromatic heterocycles.